The normalized spacial score (nSPS) is 11.1. The second-order valence-corrected chi connectivity index (χ2v) is 9.07. The molecule has 1 aromatic heterocycles. The van der Waals surface area contributed by atoms with Gasteiger partial charge in [0.05, 0.1) is 29.8 Å². The van der Waals surface area contributed by atoms with Crippen molar-refractivity contribution in [3.8, 4) is 0 Å². The number of benzene rings is 2. The first-order chi connectivity index (χ1) is 13.8. The summed E-state index contributed by atoms with van der Waals surface area (Å²) in [6, 6.07) is 14.9. The molecule has 29 heavy (non-hydrogen) atoms. The number of ether oxygens (including phenoxy) is 1. The van der Waals surface area contributed by atoms with Gasteiger partial charge in [0, 0.05) is 16.9 Å². The number of esters is 1. The molecule has 3 rings (SSSR count). The van der Waals surface area contributed by atoms with E-state index >= 15 is 0 Å². The SMILES string of the molecule is COC(=O)c1cccc(C)c1N(Cc1cccnc1)S(=O)(=O)c1ccc(Br)cc1. The highest BCUT2D eigenvalue weighted by atomic mass is 79.9. The molecule has 0 unspecified atom stereocenters. The lowest BCUT2D eigenvalue weighted by molar-refractivity contribution is 0.0601. The van der Waals surface area contributed by atoms with Crippen molar-refractivity contribution in [2.45, 2.75) is 18.4 Å². The maximum atomic E-state index is 13.6. The van der Waals surface area contributed by atoms with Gasteiger partial charge in [-0.2, -0.15) is 0 Å². The van der Waals surface area contributed by atoms with E-state index in [1.165, 1.54) is 23.5 Å². The Labute approximate surface area is 178 Å². The number of nitrogens with zero attached hydrogens (tertiary/aromatic N) is 2. The van der Waals surface area contributed by atoms with Gasteiger partial charge < -0.3 is 4.74 Å². The van der Waals surface area contributed by atoms with Crippen molar-refractivity contribution in [1.82, 2.24) is 4.98 Å². The van der Waals surface area contributed by atoms with Crippen LogP contribution in [0, 0.1) is 6.92 Å². The van der Waals surface area contributed by atoms with Gasteiger partial charge in [-0.25, -0.2) is 13.2 Å². The fourth-order valence-corrected chi connectivity index (χ4v) is 4.74. The lowest BCUT2D eigenvalue weighted by atomic mass is 10.1. The van der Waals surface area contributed by atoms with Crippen LogP contribution in [0.2, 0.25) is 0 Å². The van der Waals surface area contributed by atoms with Crippen LogP contribution in [0.25, 0.3) is 0 Å². The molecule has 0 saturated carbocycles. The highest BCUT2D eigenvalue weighted by molar-refractivity contribution is 9.10. The first kappa shape index (κ1) is 21.0. The fourth-order valence-electron chi connectivity index (χ4n) is 2.94. The van der Waals surface area contributed by atoms with Crippen LogP contribution in [0.1, 0.15) is 21.5 Å². The maximum Gasteiger partial charge on any atom is 0.340 e. The number of hydrogen-bond donors (Lipinski definition) is 0. The molecule has 0 aliphatic heterocycles. The number of para-hydroxylation sites is 1. The zero-order valence-electron chi connectivity index (χ0n) is 15.9. The summed E-state index contributed by atoms with van der Waals surface area (Å²) in [7, 11) is -2.71. The lowest BCUT2D eigenvalue weighted by Gasteiger charge is -2.27. The largest absolute Gasteiger partial charge is 0.465 e. The van der Waals surface area contributed by atoms with Crippen molar-refractivity contribution >= 4 is 37.6 Å². The number of hydrogen-bond acceptors (Lipinski definition) is 5. The number of methoxy groups -OCH3 is 1. The first-order valence-corrected chi connectivity index (χ1v) is 10.9. The van der Waals surface area contributed by atoms with Crippen molar-refractivity contribution in [2.75, 3.05) is 11.4 Å². The number of carbonyl (C=O) groups is 1. The predicted octanol–water partition coefficient (Wildman–Crippen LogP) is 4.33. The Bertz CT molecular complexity index is 1120. The minimum Gasteiger partial charge on any atom is -0.465 e. The van der Waals surface area contributed by atoms with Gasteiger partial charge in [0.1, 0.15) is 0 Å². The summed E-state index contributed by atoms with van der Waals surface area (Å²) in [6.07, 6.45) is 3.21. The van der Waals surface area contributed by atoms with Gasteiger partial charge in [0.15, 0.2) is 0 Å². The summed E-state index contributed by atoms with van der Waals surface area (Å²) < 4.78 is 34.1. The summed E-state index contributed by atoms with van der Waals surface area (Å²) in [4.78, 5) is 16.6. The molecule has 0 aliphatic rings. The Kier molecular flexibility index (Phi) is 6.34. The maximum absolute atomic E-state index is 13.6. The molecular formula is C21H19BrN2O4S. The van der Waals surface area contributed by atoms with Gasteiger partial charge in [-0.15, -0.1) is 0 Å². The van der Waals surface area contributed by atoms with Crippen LogP contribution < -0.4 is 4.31 Å². The number of aromatic nitrogens is 1. The molecule has 0 N–H and O–H groups in total. The van der Waals surface area contributed by atoms with Gasteiger partial charge >= 0.3 is 5.97 Å². The van der Waals surface area contributed by atoms with Crippen molar-refractivity contribution in [3.05, 3.63) is 88.2 Å². The van der Waals surface area contributed by atoms with Crippen molar-refractivity contribution in [1.29, 1.82) is 0 Å². The van der Waals surface area contributed by atoms with Crippen LogP contribution in [0.5, 0.6) is 0 Å². The third kappa shape index (κ3) is 4.49. The minimum atomic E-state index is -3.98. The number of rotatable bonds is 6. The Morgan fingerprint density at radius 3 is 2.45 bits per heavy atom. The smallest absolute Gasteiger partial charge is 0.340 e. The molecule has 150 valence electrons. The van der Waals surface area contributed by atoms with E-state index in [0.717, 1.165) is 4.47 Å². The Balaban J connectivity index is 2.22. The zero-order valence-corrected chi connectivity index (χ0v) is 18.3. The molecule has 0 aliphatic carbocycles. The van der Waals surface area contributed by atoms with E-state index < -0.39 is 16.0 Å². The molecule has 0 bridgehead atoms. The monoisotopic (exact) mass is 474 g/mol. The van der Waals surface area contributed by atoms with E-state index in [-0.39, 0.29) is 22.7 Å². The highest BCUT2D eigenvalue weighted by Gasteiger charge is 2.30. The van der Waals surface area contributed by atoms with Crippen LogP contribution in [-0.4, -0.2) is 26.5 Å². The van der Waals surface area contributed by atoms with Crippen LogP contribution in [-0.2, 0) is 21.3 Å². The molecule has 6 nitrogen and oxygen atoms in total. The summed E-state index contributed by atoms with van der Waals surface area (Å²) >= 11 is 3.32. The van der Waals surface area contributed by atoms with Crippen molar-refractivity contribution in [3.63, 3.8) is 0 Å². The number of halogens is 1. The first-order valence-electron chi connectivity index (χ1n) is 8.69. The van der Waals surface area contributed by atoms with E-state index in [0.29, 0.717) is 11.1 Å². The van der Waals surface area contributed by atoms with E-state index in [1.807, 2.05) is 0 Å². The third-order valence-corrected chi connectivity index (χ3v) is 6.63. The quantitative estimate of drug-likeness (QED) is 0.496. The highest BCUT2D eigenvalue weighted by Crippen LogP contribution is 2.33. The zero-order chi connectivity index (χ0) is 21.0. The van der Waals surface area contributed by atoms with Crippen LogP contribution in [0.15, 0.2) is 76.4 Å². The van der Waals surface area contributed by atoms with Gasteiger partial charge in [0.25, 0.3) is 10.0 Å². The minimum absolute atomic E-state index is 0.0150. The topological polar surface area (TPSA) is 76.6 Å². The van der Waals surface area contributed by atoms with Crippen molar-refractivity contribution < 1.29 is 17.9 Å². The van der Waals surface area contributed by atoms with Crippen LogP contribution in [0.3, 0.4) is 0 Å². The average molecular weight is 475 g/mol. The molecule has 0 saturated heterocycles. The summed E-state index contributed by atoms with van der Waals surface area (Å²) in [5, 5.41) is 0. The molecule has 2 aromatic carbocycles. The molecule has 0 amide bonds. The van der Waals surface area contributed by atoms with E-state index in [2.05, 4.69) is 20.9 Å². The number of anilines is 1. The molecular weight excluding hydrogens is 456 g/mol. The molecule has 1 heterocycles. The van der Waals surface area contributed by atoms with E-state index in [1.54, 1.807) is 61.8 Å². The Morgan fingerprint density at radius 1 is 1.10 bits per heavy atom. The fraction of sp³-hybridized carbons (Fsp3) is 0.143. The van der Waals surface area contributed by atoms with Crippen molar-refractivity contribution in [2.24, 2.45) is 0 Å². The summed E-state index contributed by atoms with van der Waals surface area (Å²) in [6.45, 7) is 1.77. The van der Waals surface area contributed by atoms with Gasteiger partial charge in [0.2, 0.25) is 0 Å². The van der Waals surface area contributed by atoms with Gasteiger partial charge in [-0.1, -0.05) is 34.1 Å². The van der Waals surface area contributed by atoms with Gasteiger partial charge in [-0.05, 0) is 54.4 Å². The molecule has 8 heteroatoms. The number of carbonyl (C=O) groups excluding carboxylic acids is 1. The standard InChI is InChI=1S/C21H19BrN2O4S/c1-15-5-3-7-19(21(25)28-2)20(15)24(14-16-6-4-12-23-13-16)29(26,27)18-10-8-17(22)9-11-18/h3-13H,14H2,1-2H3. The molecule has 0 spiro atoms. The second-order valence-electron chi connectivity index (χ2n) is 6.29. The predicted molar refractivity (Wildman–Crippen MR) is 114 cm³/mol. The van der Waals surface area contributed by atoms with E-state index in [9.17, 15) is 13.2 Å². The average Bonchev–Trinajstić information content (AvgIpc) is 2.72. The molecule has 0 radical (unpaired) electrons. The molecule has 0 atom stereocenters. The van der Waals surface area contributed by atoms with E-state index in [4.69, 9.17) is 4.74 Å². The van der Waals surface area contributed by atoms with Crippen LogP contribution in [0.4, 0.5) is 5.69 Å². The lowest BCUT2D eigenvalue weighted by Crippen LogP contribution is -2.32. The van der Waals surface area contributed by atoms with Gasteiger partial charge in [-0.3, -0.25) is 9.29 Å². The number of sulfonamides is 1. The third-order valence-electron chi connectivity index (χ3n) is 4.34. The second kappa shape index (κ2) is 8.75. The van der Waals surface area contributed by atoms with Crippen LogP contribution >= 0.6 is 15.9 Å². The molecule has 0 fully saturated rings. The number of aryl methyl sites for hydroxylation is 1. The number of pyridine rings is 1. The Morgan fingerprint density at radius 2 is 1.83 bits per heavy atom. The summed E-state index contributed by atoms with van der Waals surface area (Å²) in [5.74, 6) is -0.606. The Hall–Kier alpha value is -2.71. The summed E-state index contributed by atoms with van der Waals surface area (Å²) in [5.41, 5.74) is 1.79. The molecule has 3 aromatic rings.